The summed E-state index contributed by atoms with van der Waals surface area (Å²) >= 11 is 0. The molecule has 0 radical (unpaired) electrons. The summed E-state index contributed by atoms with van der Waals surface area (Å²) in [4.78, 5) is 11.7. The molecule has 0 atom stereocenters. The molecular formula is C16H19FN8. The van der Waals surface area contributed by atoms with Gasteiger partial charge in [0.05, 0.1) is 6.20 Å². The Balaban J connectivity index is 1.56. The number of hydrogen-bond donors (Lipinski definition) is 0. The zero-order valence-electron chi connectivity index (χ0n) is 14.2. The van der Waals surface area contributed by atoms with Crippen molar-refractivity contribution in [2.75, 3.05) is 37.0 Å². The summed E-state index contributed by atoms with van der Waals surface area (Å²) in [7, 11) is 3.90. The predicted molar refractivity (Wildman–Crippen MR) is 91.3 cm³/mol. The number of halogens is 1. The smallest absolute Gasteiger partial charge is 0.183 e. The van der Waals surface area contributed by atoms with Crippen molar-refractivity contribution in [3.63, 3.8) is 0 Å². The molecule has 1 saturated heterocycles. The first-order valence-electron chi connectivity index (χ1n) is 8.23. The number of nitrogens with zero attached hydrogens (tertiary/aromatic N) is 8. The third-order valence-corrected chi connectivity index (χ3v) is 4.54. The Bertz CT molecular complexity index is 885. The minimum atomic E-state index is -0.383. The highest BCUT2D eigenvalue weighted by atomic mass is 19.1. The summed E-state index contributed by atoms with van der Waals surface area (Å²) in [5.41, 5.74) is 0.741. The first kappa shape index (κ1) is 15.7. The van der Waals surface area contributed by atoms with Gasteiger partial charge in [0.1, 0.15) is 12.1 Å². The van der Waals surface area contributed by atoms with E-state index < -0.39 is 0 Å². The summed E-state index contributed by atoms with van der Waals surface area (Å²) in [6.07, 6.45) is 4.27. The Kier molecular flexibility index (Phi) is 3.90. The molecule has 3 aromatic rings. The van der Waals surface area contributed by atoms with Crippen LogP contribution in [0.25, 0.3) is 5.65 Å². The minimum Gasteiger partial charge on any atom is -0.361 e. The van der Waals surface area contributed by atoms with E-state index in [-0.39, 0.29) is 11.7 Å². The van der Waals surface area contributed by atoms with Crippen LogP contribution in [0.5, 0.6) is 0 Å². The van der Waals surface area contributed by atoms with Gasteiger partial charge in [0.25, 0.3) is 0 Å². The maximum atomic E-state index is 13.9. The molecule has 0 N–H and O–H groups in total. The molecule has 1 aliphatic heterocycles. The van der Waals surface area contributed by atoms with Crippen molar-refractivity contribution in [2.24, 2.45) is 0 Å². The normalized spacial score (nSPS) is 15.7. The van der Waals surface area contributed by atoms with Gasteiger partial charge >= 0.3 is 0 Å². The lowest BCUT2D eigenvalue weighted by atomic mass is 9.96. The fourth-order valence-corrected chi connectivity index (χ4v) is 3.18. The predicted octanol–water partition coefficient (Wildman–Crippen LogP) is 1.50. The molecule has 0 aliphatic carbocycles. The molecule has 4 rings (SSSR count). The summed E-state index contributed by atoms with van der Waals surface area (Å²) in [5, 5.41) is 13.2. The Morgan fingerprint density at radius 3 is 2.68 bits per heavy atom. The van der Waals surface area contributed by atoms with Gasteiger partial charge in [-0.2, -0.15) is 4.52 Å². The Morgan fingerprint density at radius 1 is 1.16 bits per heavy atom. The molecule has 0 amide bonds. The molecule has 0 unspecified atom stereocenters. The Morgan fingerprint density at radius 2 is 1.96 bits per heavy atom. The van der Waals surface area contributed by atoms with Crippen LogP contribution < -0.4 is 9.80 Å². The van der Waals surface area contributed by atoms with Crippen molar-refractivity contribution >= 4 is 17.3 Å². The van der Waals surface area contributed by atoms with Crippen molar-refractivity contribution in [1.82, 2.24) is 29.8 Å². The van der Waals surface area contributed by atoms with E-state index in [1.54, 1.807) is 0 Å². The van der Waals surface area contributed by atoms with Crippen molar-refractivity contribution in [3.05, 3.63) is 36.3 Å². The van der Waals surface area contributed by atoms with Gasteiger partial charge in [0.15, 0.2) is 23.1 Å². The fraction of sp³-hybridized carbons (Fsp3) is 0.438. The molecular weight excluding hydrogens is 323 g/mol. The fourth-order valence-electron chi connectivity index (χ4n) is 3.18. The molecule has 0 saturated carbocycles. The van der Waals surface area contributed by atoms with Crippen LogP contribution in [0.2, 0.25) is 0 Å². The molecule has 4 heterocycles. The maximum absolute atomic E-state index is 13.9. The third kappa shape index (κ3) is 2.86. The summed E-state index contributed by atoms with van der Waals surface area (Å²) < 4.78 is 15.7. The van der Waals surface area contributed by atoms with Crippen LogP contribution in [0.15, 0.2) is 24.7 Å². The first-order chi connectivity index (χ1) is 12.1. The van der Waals surface area contributed by atoms with E-state index in [9.17, 15) is 4.39 Å². The van der Waals surface area contributed by atoms with Crippen LogP contribution in [0.4, 0.5) is 16.0 Å². The van der Waals surface area contributed by atoms with Crippen molar-refractivity contribution in [1.29, 1.82) is 0 Å². The van der Waals surface area contributed by atoms with E-state index in [1.165, 1.54) is 12.5 Å². The zero-order valence-corrected chi connectivity index (χ0v) is 14.2. The van der Waals surface area contributed by atoms with E-state index in [0.717, 1.165) is 30.1 Å². The van der Waals surface area contributed by atoms with E-state index in [1.807, 2.05) is 40.5 Å². The second-order valence-electron chi connectivity index (χ2n) is 6.37. The van der Waals surface area contributed by atoms with Crippen molar-refractivity contribution in [2.45, 2.75) is 18.8 Å². The topological polar surface area (TPSA) is 75.3 Å². The lowest BCUT2D eigenvalue weighted by Crippen LogP contribution is -2.34. The highest BCUT2D eigenvalue weighted by Crippen LogP contribution is 2.29. The van der Waals surface area contributed by atoms with Gasteiger partial charge < -0.3 is 9.80 Å². The van der Waals surface area contributed by atoms with Crippen LogP contribution in [0.3, 0.4) is 0 Å². The Labute approximate surface area is 144 Å². The molecule has 1 aliphatic rings. The van der Waals surface area contributed by atoms with E-state index in [0.29, 0.717) is 18.9 Å². The van der Waals surface area contributed by atoms with Gasteiger partial charge in [-0.3, -0.25) is 0 Å². The van der Waals surface area contributed by atoms with E-state index in [4.69, 9.17) is 0 Å². The SMILES string of the molecule is CN(C)c1ccc2nnc(C3CCN(c4ncncc4F)CC3)n2n1. The molecule has 0 bridgehead atoms. The summed E-state index contributed by atoms with van der Waals surface area (Å²) in [5.74, 6) is 1.94. The highest BCUT2D eigenvalue weighted by Gasteiger charge is 2.27. The molecule has 8 nitrogen and oxygen atoms in total. The third-order valence-electron chi connectivity index (χ3n) is 4.54. The van der Waals surface area contributed by atoms with Gasteiger partial charge in [0, 0.05) is 33.1 Å². The lowest BCUT2D eigenvalue weighted by molar-refractivity contribution is 0.468. The summed E-state index contributed by atoms with van der Waals surface area (Å²) in [6, 6.07) is 3.85. The second kappa shape index (κ2) is 6.23. The van der Waals surface area contributed by atoms with Crippen LogP contribution in [0, 0.1) is 5.82 Å². The number of fused-ring (bicyclic) bond motifs is 1. The number of aromatic nitrogens is 6. The van der Waals surface area contributed by atoms with Crippen molar-refractivity contribution in [3.8, 4) is 0 Å². The second-order valence-corrected chi connectivity index (χ2v) is 6.37. The van der Waals surface area contributed by atoms with Crippen LogP contribution in [-0.4, -0.2) is 57.0 Å². The maximum Gasteiger partial charge on any atom is 0.183 e. The lowest BCUT2D eigenvalue weighted by Gasteiger charge is -2.31. The van der Waals surface area contributed by atoms with Gasteiger partial charge in [-0.1, -0.05) is 0 Å². The number of rotatable bonds is 3. The Hall–Kier alpha value is -2.84. The molecule has 3 aromatic heterocycles. The average Bonchev–Trinajstić information content (AvgIpc) is 3.05. The summed E-state index contributed by atoms with van der Waals surface area (Å²) in [6.45, 7) is 1.42. The van der Waals surface area contributed by atoms with Gasteiger partial charge in [0.2, 0.25) is 0 Å². The number of piperidine rings is 1. The molecule has 1 fully saturated rings. The number of anilines is 2. The van der Waals surface area contributed by atoms with E-state index in [2.05, 4.69) is 25.3 Å². The van der Waals surface area contributed by atoms with Crippen LogP contribution in [0.1, 0.15) is 24.6 Å². The van der Waals surface area contributed by atoms with Gasteiger partial charge in [-0.05, 0) is 25.0 Å². The number of hydrogen-bond acceptors (Lipinski definition) is 7. The molecule has 0 aromatic carbocycles. The van der Waals surface area contributed by atoms with E-state index >= 15 is 0 Å². The molecule has 25 heavy (non-hydrogen) atoms. The first-order valence-corrected chi connectivity index (χ1v) is 8.23. The van der Waals surface area contributed by atoms with Gasteiger partial charge in [-0.15, -0.1) is 15.3 Å². The monoisotopic (exact) mass is 342 g/mol. The molecule has 130 valence electrons. The molecule has 9 heteroatoms. The zero-order chi connectivity index (χ0) is 17.4. The highest BCUT2D eigenvalue weighted by molar-refractivity contribution is 5.45. The van der Waals surface area contributed by atoms with Crippen LogP contribution in [-0.2, 0) is 0 Å². The minimum absolute atomic E-state index is 0.237. The largest absolute Gasteiger partial charge is 0.361 e. The average molecular weight is 342 g/mol. The van der Waals surface area contributed by atoms with Crippen molar-refractivity contribution < 1.29 is 4.39 Å². The quantitative estimate of drug-likeness (QED) is 0.714. The van der Waals surface area contributed by atoms with Crippen LogP contribution >= 0.6 is 0 Å². The standard InChI is InChI=1S/C16H19FN8/c1-23(2)14-4-3-13-20-21-15(25(13)22-14)11-5-7-24(8-6-11)16-12(17)9-18-10-19-16/h3-4,9-11H,5-8H2,1-2H3. The molecule has 0 spiro atoms. The van der Waals surface area contributed by atoms with Gasteiger partial charge in [-0.25, -0.2) is 14.4 Å².